The lowest BCUT2D eigenvalue weighted by Crippen LogP contribution is -2.20. The summed E-state index contributed by atoms with van der Waals surface area (Å²) in [5.41, 5.74) is -3.15. The zero-order valence-electron chi connectivity index (χ0n) is 8.34. The molecule has 0 aliphatic heterocycles. The summed E-state index contributed by atoms with van der Waals surface area (Å²) >= 11 is 0.984. The minimum Gasteiger partial charge on any atom is -0.396 e. The third-order valence-corrected chi connectivity index (χ3v) is 2.35. The van der Waals surface area contributed by atoms with E-state index in [0.29, 0.717) is 0 Å². The second-order valence-corrected chi connectivity index (χ2v) is 3.97. The van der Waals surface area contributed by atoms with Crippen LogP contribution >= 0.6 is 22.6 Å². The van der Waals surface area contributed by atoms with Crippen LogP contribution in [0.4, 0.5) is 32.0 Å². The molecule has 0 saturated heterocycles. The molecule has 0 N–H and O–H groups in total. The molecule has 106 valence electrons. The Balaban J connectivity index is 3.44. The van der Waals surface area contributed by atoms with Crippen LogP contribution in [-0.2, 0) is 6.18 Å². The van der Waals surface area contributed by atoms with Gasteiger partial charge in [0.1, 0.15) is 0 Å². The molecule has 1 rings (SSSR count). The molecule has 0 aromatic carbocycles. The average Bonchev–Trinajstić information content (AvgIpc) is 2.16. The molecular weight excluding hydrogens is 401 g/mol. The first-order chi connectivity index (χ1) is 8.42. The zero-order valence-corrected chi connectivity index (χ0v) is 10.5. The molecule has 0 unspecified atom stereocenters. The second kappa shape index (κ2) is 4.97. The summed E-state index contributed by atoms with van der Waals surface area (Å²) in [6.07, 6.45) is -10.3. The molecule has 0 amide bonds. The molecule has 0 fully saturated rings. The van der Waals surface area contributed by atoms with Crippen molar-refractivity contribution < 1.29 is 36.0 Å². The van der Waals surface area contributed by atoms with Crippen LogP contribution in [0.3, 0.4) is 0 Å². The Kier molecular flexibility index (Phi) is 4.11. The van der Waals surface area contributed by atoms with E-state index in [1.54, 1.807) is 0 Å². The predicted molar refractivity (Wildman–Crippen MR) is 55.3 cm³/mol. The molecule has 0 aliphatic rings. The lowest BCUT2D eigenvalue weighted by molar-refractivity contribution is -0.389. The molecule has 1 aromatic rings. The summed E-state index contributed by atoms with van der Waals surface area (Å²) in [4.78, 5) is 11.9. The van der Waals surface area contributed by atoms with Gasteiger partial charge in [0.05, 0.1) is 11.0 Å². The Morgan fingerprint density at radius 1 is 1.26 bits per heavy atom. The Labute approximate surface area is 113 Å². The zero-order chi connectivity index (χ0) is 15.0. The number of hydrogen-bond acceptors (Lipinski definition) is 4. The number of ether oxygens (including phenoxy) is 1. The van der Waals surface area contributed by atoms with Gasteiger partial charge in [0.15, 0.2) is 9.39 Å². The molecule has 19 heavy (non-hydrogen) atoms. The monoisotopic (exact) mass is 402 g/mol. The summed E-state index contributed by atoms with van der Waals surface area (Å²) < 4.78 is 75.4. The molecule has 1 aromatic heterocycles. The van der Waals surface area contributed by atoms with E-state index < -0.39 is 38.3 Å². The van der Waals surface area contributed by atoms with Gasteiger partial charge in [0.25, 0.3) is 0 Å². The topological polar surface area (TPSA) is 65.3 Å². The fourth-order valence-electron chi connectivity index (χ4n) is 0.980. The lowest BCUT2D eigenvalue weighted by Gasteiger charge is -2.12. The first-order valence-corrected chi connectivity index (χ1v) is 5.17. The van der Waals surface area contributed by atoms with Crippen molar-refractivity contribution in [1.82, 2.24) is 4.98 Å². The minimum atomic E-state index is -5.29. The molecule has 0 spiro atoms. The van der Waals surface area contributed by atoms with Gasteiger partial charge in [-0.25, -0.2) is 4.98 Å². The fraction of sp³-hybridized carbons (Fsp3) is 0.286. The third-order valence-electron chi connectivity index (χ3n) is 1.62. The van der Waals surface area contributed by atoms with Crippen LogP contribution in [0.2, 0.25) is 0 Å². The van der Waals surface area contributed by atoms with Gasteiger partial charge in [-0.2, -0.15) is 13.2 Å². The van der Waals surface area contributed by atoms with Crippen LogP contribution < -0.4 is 4.74 Å². The van der Waals surface area contributed by atoms with Gasteiger partial charge in [0.2, 0.25) is 5.75 Å². The first kappa shape index (κ1) is 15.7. The van der Waals surface area contributed by atoms with Crippen molar-refractivity contribution in [1.29, 1.82) is 0 Å². The second-order valence-electron chi connectivity index (χ2n) is 2.95. The van der Waals surface area contributed by atoms with Crippen molar-refractivity contribution in [3.05, 3.63) is 25.6 Å². The quantitative estimate of drug-likeness (QED) is 0.250. The smallest absolute Gasteiger partial charge is 0.396 e. The minimum absolute atomic E-state index is 0.122. The van der Waals surface area contributed by atoms with Gasteiger partial charge in [-0.3, -0.25) is 10.1 Å². The van der Waals surface area contributed by atoms with E-state index in [9.17, 15) is 36.5 Å². The van der Waals surface area contributed by atoms with Crippen LogP contribution in [0.1, 0.15) is 5.69 Å². The largest absolute Gasteiger partial charge is 0.573 e. The number of nitro groups is 1. The number of pyridine rings is 1. The highest BCUT2D eigenvalue weighted by Crippen LogP contribution is 2.39. The summed E-state index contributed by atoms with van der Waals surface area (Å²) in [6.45, 7) is 0. The van der Waals surface area contributed by atoms with E-state index in [4.69, 9.17) is 0 Å². The standard InChI is InChI=1S/C7HF6IN2O3/c8-6(9,10)3-1-2(16(17)18)4(5(14)15-3)19-7(11,12)13/h1H. The summed E-state index contributed by atoms with van der Waals surface area (Å²) in [5, 5.41) is 10.5. The molecule has 1 heterocycles. The van der Waals surface area contributed by atoms with Crippen molar-refractivity contribution in [2.45, 2.75) is 12.5 Å². The van der Waals surface area contributed by atoms with Crippen molar-refractivity contribution in [2.24, 2.45) is 0 Å². The van der Waals surface area contributed by atoms with Crippen LogP contribution in [-0.4, -0.2) is 16.3 Å². The normalized spacial score (nSPS) is 12.4. The maximum absolute atomic E-state index is 12.3. The Morgan fingerprint density at radius 3 is 2.16 bits per heavy atom. The van der Waals surface area contributed by atoms with Crippen molar-refractivity contribution in [2.75, 3.05) is 0 Å². The van der Waals surface area contributed by atoms with Gasteiger partial charge >= 0.3 is 18.2 Å². The highest BCUT2D eigenvalue weighted by Gasteiger charge is 2.40. The average molecular weight is 402 g/mol. The molecule has 0 aliphatic carbocycles. The molecule has 12 heteroatoms. The van der Waals surface area contributed by atoms with Crippen molar-refractivity contribution >= 4 is 28.3 Å². The number of rotatable bonds is 2. The van der Waals surface area contributed by atoms with Crippen LogP contribution in [0.15, 0.2) is 6.07 Å². The molecule has 5 nitrogen and oxygen atoms in total. The van der Waals surface area contributed by atoms with Crippen LogP contribution in [0, 0.1) is 13.8 Å². The lowest BCUT2D eigenvalue weighted by atomic mass is 10.3. The highest BCUT2D eigenvalue weighted by atomic mass is 127. The van der Waals surface area contributed by atoms with Crippen molar-refractivity contribution in [3.8, 4) is 5.75 Å². The Hall–Kier alpha value is -1.34. The summed E-state index contributed by atoms with van der Waals surface area (Å²) in [6, 6.07) is -0.122. The van der Waals surface area contributed by atoms with Crippen LogP contribution in [0.25, 0.3) is 0 Å². The number of halogens is 7. The first-order valence-electron chi connectivity index (χ1n) is 4.09. The van der Waals surface area contributed by atoms with Crippen LogP contribution in [0.5, 0.6) is 5.75 Å². The Bertz CT molecular complexity index is 515. The summed E-state index contributed by atoms with van der Waals surface area (Å²) in [5.74, 6) is -1.38. The maximum Gasteiger partial charge on any atom is 0.573 e. The number of aromatic nitrogens is 1. The summed E-state index contributed by atoms with van der Waals surface area (Å²) in [7, 11) is 0. The van der Waals surface area contributed by atoms with E-state index in [1.807, 2.05) is 0 Å². The van der Waals surface area contributed by atoms with Gasteiger partial charge in [-0.05, 0) is 22.6 Å². The van der Waals surface area contributed by atoms with Crippen molar-refractivity contribution in [3.63, 3.8) is 0 Å². The number of hydrogen-bond donors (Lipinski definition) is 0. The fourth-order valence-corrected chi connectivity index (χ4v) is 1.63. The van der Waals surface area contributed by atoms with Gasteiger partial charge in [-0.15, -0.1) is 13.2 Å². The van der Waals surface area contributed by atoms with E-state index in [0.717, 1.165) is 22.6 Å². The van der Waals surface area contributed by atoms with Gasteiger partial charge < -0.3 is 4.74 Å². The van der Waals surface area contributed by atoms with E-state index in [2.05, 4.69) is 9.72 Å². The van der Waals surface area contributed by atoms with Gasteiger partial charge in [0, 0.05) is 0 Å². The number of alkyl halides is 6. The molecule has 0 saturated carbocycles. The molecule has 0 bridgehead atoms. The molecule has 0 atom stereocenters. The highest BCUT2D eigenvalue weighted by molar-refractivity contribution is 14.1. The maximum atomic E-state index is 12.3. The molecular formula is C7HF6IN2O3. The van der Waals surface area contributed by atoms with E-state index in [1.165, 1.54) is 0 Å². The van der Waals surface area contributed by atoms with E-state index in [-0.39, 0.29) is 6.07 Å². The number of nitrogens with zero attached hydrogens (tertiary/aromatic N) is 2. The van der Waals surface area contributed by atoms with E-state index >= 15 is 0 Å². The SMILES string of the molecule is O=[N+]([O-])c1cc(C(F)(F)F)nc(I)c1OC(F)(F)F. The third kappa shape index (κ3) is 4.07. The Morgan fingerprint density at radius 2 is 1.79 bits per heavy atom. The predicted octanol–water partition coefficient (Wildman–Crippen LogP) is 3.51. The van der Waals surface area contributed by atoms with Gasteiger partial charge in [-0.1, -0.05) is 0 Å². The molecule has 0 radical (unpaired) electrons.